The Balaban J connectivity index is 0.000000277. The summed E-state index contributed by atoms with van der Waals surface area (Å²) in [6.45, 7) is 28.5. The van der Waals surface area contributed by atoms with Crippen LogP contribution in [0.2, 0.25) is 0 Å². The van der Waals surface area contributed by atoms with E-state index in [1.54, 1.807) is 25.5 Å². The van der Waals surface area contributed by atoms with Crippen LogP contribution < -0.4 is 461 Å². The van der Waals surface area contributed by atoms with E-state index in [1.165, 1.54) is 56.1 Å². The molecule has 676 valence electrons. The van der Waals surface area contributed by atoms with E-state index in [4.69, 9.17) is 85.1 Å². The standard InChI is InChI=1S/C21H25O5.2C18H19O3.C17H23O2.C15H21O2.C14H19O5S2.6Cs/c1-16-10-21(25-14-16)26-20-12-18(23-9-8-22-2)11-19(13-20)24-15-17-6-4-3-5-7-17;2*1-14-10-18(20-12-14)21-17-9-5-8-16(11-17)19-13-15-6-3-2-4-7-15;1-13-11-17(18-12-13)19-16-9-7-15(8-10-16)14-5-3-2-4-6-14;1-3-4-5-13-6-8-14(9-7-13)17-15-10-12(2)11-16-15;1-11-9-14(18-10-11)19-12-3-5-13(6-4-12)20-7-2-8-21(15,16)17;;;;;;/h3-7,11-14,16,21H,8-10,15H2,1-2H3;2*2-9,11-12,14,18H,10,13H2,1H3;7-10,12-14,17H,2-6,11H2,1H3;6-9,11-12,15H,3-5,10H2,1-2H3;3-6,10-11,14H,2,7-9H2,1H3,(H,15,16,17);;;;;;/q6*-1;6*+1/t16-,21?;2*14-,18?;13-,17?;12-,15?;11-,14?;;;;;;/m111111....../s1. The Morgan fingerprint density at radius 2 is 0.679 bits per heavy atom. The maximum atomic E-state index is 10.6. The molecular formula is C103H126Cs6O20S2. The number of hydrogen-bond donors (Lipinski definition) is 1. The van der Waals surface area contributed by atoms with Crippen LogP contribution >= 0.6 is 11.8 Å². The van der Waals surface area contributed by atoms with E-state index in [1.807, 2.05) is 227 Å². The summed E-state index contributed by atoms with van der Waals surface area (Å²) >= 11 is 1.54. The quantitative estimate of drug-likeness (QED) is 0.0206. The molecule has 9 aromatic carbocycles. The number of thioether (sulfide) groups is 1. The predicted octanol–water partition coefficient (Wildman–Crippen LogP) is 6.20. The van der Waals surface area contributed by atoms with Crippen molar-refractivity contribution in [1.29, 1.82) is 0 Å². The van der Waals surface area contributed by atoms with Gasteiger partial charge in [-0.05, 0) is 183 Å². The molecular weight excluding hydrogens is 2420 g/mol. The van der Waals surface area contributed by atoms with Crippen molar-refractivity contribution in [2.75, 3.05) is 31.8 Å². The Morgan fingerprint density at radius 1 is 0.351 bits per heavy atom. The van der Waals surface area contributed by atoms with E-state index in [9.17, 15) is 8.42 Å². The topological polar surface area (TPSA) is 211 Å². The molecule has 131 heavy (non-hydrogen) atoms. The monoisotopic (exact) mass is 2540 g/mol. The van der Waals surface area contributed by atoms with E-state index < -0.39 is 10.1 Å². The van der Waals surface area contributed by atoms with Gasteiger partial charge < -0.3 is 80.5 Å². The molecule has 12 atom stereocenters. The number of benzene rings is 9. The summed E-state index contributed by atoms with van der Waals surface area (Å²) in [6.07, 6.45) is 15.2. The predicted molar refractivity (Wildman–Crippen MR) is 486 cm³/mol. The van der Waals surface area contributed by atoms with Crippen LogP contribution in [0.3, 0.4) is 0 Å². The van der Waals surface area contributed by atoms with Crippen LogP contribution in [-0.2, 0) is 69.5 Å². The Kier molecular flexibility index (Phi) is 68.3. The molecule has 0 spiro atoms. The van der Waals surface area contributed by atoms with Gasteiger partial charge in [-0.1, -0.05) is 202 Å². The normalized spacial score (nSPS) is 21.4. The summed E-state index contributed by atoms with van der Waals surface area (Å²) in [5.74, 6) is 11.6. The molecule has 0 aromatic heterocycles. The zero-order valence-corrected chi connectivity index (χ0v) is 119. The van der Waals surface area contributed by atoms with Crippen molar-refractivity contribution in [3.05, 3.63) is 298 Å². The fraction of sp³-hybridized carbons (Fsp3) is 0.417. The first-order chi connectivity index (χ1) is 60.8. The molecule has 0 amide bonds. The molecule has 6 saturated heterocycles. The number of aryl methyl sites for hydroxylation is 1. The van der Waals surface area contributed by atoms with Gasteiger partial charge in [-0.2, -0.15) is 8.42 Å². The average molecular weight is 2550 g/mol. The van der Waals surface area contributed by atoms with Gasteiger partial charge in [0.05, 0.1) is 12.4 Å². The molecule has 16 rings (SSSR count). The van der Waals surface area contributed by atoms with Gasteiger partial charge >= 0.3 is 413 Å². The minimum absolute atomic E-state index is 0. The van der Waals surface area contributed by atoms with Crippen molar-refractivity contribution < 1.29 is 507 Å². The molecule has 6 heterocycles. The van der Waals surface area contributed by atoms with Crippen LogP contribution in [0.25, 0.3) is 0 Å². The average Bonchev–Trinajstić information content (AvgIpc) is 1.85. The van der Waals surface area contributed by atoms with Crippen LogP contribution in [0.15, 0.2) is 235 Å². The first kappa shape index (κ1) is 125. The minimum Gasteiger partial charge on any atom is -0.520 e. The Bertz CT molecular complexity index is 4500. The molecule has 1 N–H and O–H groups in total. The third kappa shape index (κ3) is 51.5. The van der Waals surface area contributed by atoms with Gasteiger partial charge in [0.25, 0.3) is 10.1 Å². The first-order valence-corrected chi connectivity index (χ1v) is 46.7. The molecule has 6 unspecified atom stereocenters. The van der Waals surface area contributed by atoms with Gasteiger partial charge in [-0.3, -0.25) is 4.55 Å². The van der Waals surface area contributed by atoms with E-state index in [-0.39, 0.29) is 457 Å². The van der Waals surface area contributed by atoms with E-state index in [0.29, 0.717) is 98.0 Å². The smallest absolute Gasteiger partial charge is 0.520 e. The molecule has 7 fully saturated rings. The number of hydrogen-bond acceptors (Lipinski definition) is 20. The van der Waals surface area contributed by atoms with Crippen molar-refractivity contribution in [1.82, 2.24) is 0 Å². The van der Waals surface area contributed by atoms with Crippen molar-refractivity contribution in [2.45, 2.75) is 213 Å². The van der Waals surface area contributed by atoms with Crippen LogP contribution in [0.4, 0.5) is 0 Å². The summed E-state index contributed by atoms with van der Waals surface area (Å²) in [5, 5.41) is 0. The Hall–Kier alpha value is 3.27. The molecule has 0 bridgehead atoms. The summed E-state index contributed by atoms with van der Waals surface area (Å²) in [4.78, 5) is 1.03. The largest absolute Gasteiger partial charge is 1.00 e. The number of methoxy groups -OCH3 is 1. The number of unbranched alkanes of at least 4 members (excludes halogenated alkanes) is 1. The van der Waals surface area contributed by atoms with Crippen LogP contribution in [-0.4, -0.2) is 82.5 Å². The van der Waals surface area contributed by atoms with Crippen LogP contribution in [0.1, 0.15) is 172 Å². The van der Waals surface area contributed by atoms with Gasteiger partial charge in [0, 0.05) is 42.3 Å². The van der Waals surface area contributed by atoms with E-state index in [0.717, 1.165) is 113 Å². The Labute approximate surface area is 1140 Å². The van der Waals surface area contributed by atoms with Gasteiger partial charge in [0.15, 0.2) is 37.7 Å². The maximum Gasteiger partial charge on any atom is 1.00 e. The summed E-state index contributed by atoms with van der Waals surface area (Å²) in [7, 11) is -2.21. The summed E-state index contributed by atoms with van der Waals surface area (Å²) < 4.78 is 126. The molecule has 1 saturated carbocycles. The van der Waals surface area contributed by atoms with Gasteiger partial charge in [-0.25, -0.2) is 39.6 Å². The molecule has 1 aliphatic carbocycles. The molecule has 20 nitrogen and oxygen atoms in total. The van der Waals surface area contributed by atoms with E-state index in [2.05, 4.69) is 84.9 Å². The third-order valence-corrected chi connectivity index (χ3v) is 22.8. The molecule has 6 aliphatic heterocycles. The second kappa shape index (κ2) is 71.7. The molecule has 0 radical (unpaired) electrons. The number of rotatable bonds is 34. The molecule has 28 heteroatoms. The summed E-state index contributed by atoms with van der Waals surface area (Å²) in [6, 6.07) is 75.8. The van der Waals surface area contributed by atoms with Crippen LogP contribution in [0.5, 0.6) is 57.5 Å². The second-order valence-corrected chi connectivity index (χ2v) is 35.3. The van der Waals surface area contributed by atoms with Gasteiger partial charge in [0.2, 0.25) is 0 Å². The van der Waals surface area contributed by atoms with Gasteiger partial charge in [0.1, 0.15) is 83.9 Å². The fourth-order valence-corrected chi connectivity index (χ4v) is 15.7. The maximum absolute atomic E-state index is 10.6. The minimum atomic E-state index is -3.85. The zero-order valence-electron chi connectivity index (χ0n) is 79.5. The van der Waals surface area contributed by atoms with Gasteiger partial charge in [-0.15, -0.1) is 47.3 Å². The van der Waals surface area contributed by atoms with E-state index >= 15 is 0 Å². The summed E-state index contributed by atoms with van der Waals surface area (Å²) in [5.41, 5.74) is 6.24. The van der Waals surface area contributed by atoms with Crippen molar-refractivity contribution in [3.8, 4) is 57.5 Å². The number of ether oxygens (including phenoxy) is 17. The molecule has 9 aromatic rings. The fourth-order valence-electron chi connectivity index (χ4n) is 14.1. The zero-order chi connectivity index (χ0) is 87.6. The molecule has 7 aliphatic rings. The third-order valence-electron chi connectivity index (χ3n) is 20.9. The Morgan fingerprint density at radius 3 is 1.04 bits per heavy atom. The van der Waals surface area contributed by atoms with Crippen molar-refractivity contribution in [3.63, 3.8) is 0 Å². The van der Waals surface area contributed by atoms with Crippen molar-refractivity contribution in [2.24, 2.45) is 35.5 Å². The first-order valence-electron chi connectivity index (χ1n) is 44.1. The second-order valence-electron chi connectivity index (χ2n) is 32.6. The van der Waals surface area contributed by atoms with Crippen molar-refractivity contribution >= 4 is 21.9 Å². The van der Waals surface area contributed by atoms with Crippen LogP contribution in [0, 0.1) is 75.1 Å². The SMILES string of the molecule is CCCCc1ccc(OC2C[C@@H](C)[CH-]O2)cc1.COCCOc1cc(OCc2ccccc2)cc(OC2C[C@@H](C)[CH-]O2)c1.C[C@H]1[CH-]OC(Oc2ccc(C3CCCCC3)cc2)C1.C[C@H]1[CH-]OC(Oc2ccc(SCCCS(=O)(=O)O)cc2)C1.C[C@H]1[CH-]OC(Oc2cccc(OCc3ccccc3)c2)C1.C[C@H]1[CH-]OC(Oc2cccc(OCc3ccccc3)c2)C1.[Cs+].[Cs+].[Cs+].[Cs+].[Cs+].[Cs+].